The summed E-state index contributed by atoms with van der Waals surface area (Å²) in [6.45, 7) is -0.0846. The molecule has 0 N–H and O–H groups in total. The molecule has 1 fully saturated rings. The molecule has 0 radical (unpaired) electrons. The summed E-state index contributed by atoms with van der Waals surface area (Å²) in [6, 6.07) is 5.01. The smallest absolute Gasteiger partial charge is 0.255 e. The highest BCUT2D eigenvalue weighted by molar-refractivity contribution is 5.37. The highest BCUT2D eigenvalue weighted by Gasteiger charge is 2.57. The number of ether oxygens (including phenoxy) is 1. The van der Waals surface area contributed by atoms with Crippen molar-refractivity contribution in [3.8, 4) is 11.9 Å². The molecule has 15 heavy (non-hydrogen) atoms. The molecule has 1 aliphatic carbocycles. The average molecular weight is 210 g/mol. The molecule has 3 nitrogen and oxygen atoms in total. The third-order valence-electron chi connectivity index (χ3n) is 2.27. The van der Waals surface area contributed by atoms with Crippen molar-refractivity contribution < 1.29 is 13.5 Å². The summed E-state index contributed by atoms with van der Waals surface area (Å²) in [6.07, 6.45) is 1.32. The van der Waals surface area contributed by atoms with E-state index in [1.54, 1.807) is 6.07 Å². The van der Waals surface area contributed by atoms with E-state index in [2.05, 4.69) is 4.98 Å². The Morgan fingerprint density at radius 1 is 1.67 bits per heavy atom. The van der Waals surface area contributed by atoms with Gasteiger partial charge in [0.15, 0.2) is 0 Å². The van der Waals surface area contributed by atoms with E-state index in [4.69, 9.17) is 10.00 Å². The van der Waals surface area contributed by atoms with Crippen molar-refractivity contribution in [1.29, 1.82) is 5.26 Å². The van der Waals surface area contributed by atoms with Gasteiger partial charge in [0.05, 0.1) is 12.5 Å². The summed E-state index contributed by atoms with van der Waals surface area (Å²) in [4.78, 5) is 3.81. The van der Waals surface area contributed by atoms with Gasteiger partial charge in [-0.05, 0) is 12.1 Å². The quantitative estimate of drug-likeness (QED) is 0.766. The molecular weight excluding hydrogens is 202 g/mol. The number of rotatable bonds is 3. The summed E-state index contributed by atoms with van der Waals surface area (Å²) < 4.78 is 30.1. The van der Waals surface area contributed by atoms with Gasteiger partial charge in [-0.1, -0.05) is 0 Å². The summed E-state index contributed by atoms with van der Waals surface area (Å²) in [5.41, 5.74) is 0.265. The predicted octanol–water partition coefficient (Wildman–Crippen LogP) is 1.99. The first kappa shape index (κ1) is 9.84. The van der Waals surface area contributed by atoms with E-state index in [9.17, 15) is 8.78 Å². The lowest BCUT2D eigenvalue weighted by Crippen LogP contribution is -2.07. The summed E-state index contributed by atoms with van der Waals surface area (Å²) >= 11 is 0. The van der Waals surface area contributed by atoms with Gasteiger partial charge in [-0.15, -0.1) is 0 Å². The number of nitrogens with zero attached hydrogens (tertiary/aromatic N) is 2. The minimum absolute atomic E-state index is 0.0846. The second-order valence-corrected chi connectivity index (χ2v) is 3.44. The van der Waals surface area contributed by atoms with Crippen LogP contribution < -0.4 is 4.74 Å². The molecule has 1 aromatic heterocycles. The van der Waals surface area contributed by atoms with Crippen LogP contribution in [0.5, 0.6) is 5.88 Å². The second-order valence-electron chi connectivity index (χ2n) is 3.44. The number of hydrogen-bond acceptors (Lipinski definition) is 3. The van der Waals surface area contributed by atoms with E-state index in [-0.39, 0.29) is 24.5 Å². The lowest BCUT2D eigenvalue weighted by atomic mass is 10.3. The number of hydrogen-bond donors (Lipinski definition) is 0. The van der Waals surface area contributed by atoms with Gasteiger partial charge >= 0.3 is 0 Å². The van der Waals surface area contributed by atoms with Gasteiger partial charge in [-0.25, -0.2) is 13.8 Å². The standard InChI is InChI=1S/C10H8F2N2O/c11-10(12)4-8(10)6-15-9-7(5-13)2-1-3-14-9/h1-3,8H,4,6H2. The molecule has 1 aliphatic rings. The Hall–Kier alpha value is -1.70. The van der Waals surface area contributed by atoms with Gasteiger partial charge in [-0.2, -0.15) is 5.26 Å². The molecule has 1 aromatic rings. The molecular formula is C10H8F2N2O. The van der Waals surface area contributed by atoms with E-state index < -0.39 is 11.8 Å². The van der Waals surface area contributed by atoms with Crippen LogP contribution in [0.15, 0.2) is 18.3 Å². The molecule has 0 bridgehead atoms. The maximum Gasteiger partial charge on any atom is 0.255 e. The number of aromatic nitrogens is 1. The van der Waals surface area contributed by atoms with E-state index in [0.717, 1.165) is 0 Å². The third kappa shape index (κ3) is 2.04. The van der Waals surface area contributed by atoms with Crippen LogP contribution in [0.1, 0.15) is 12.0 Å². The highest BCUT2D eigenvalue weighted by Crippen LogP contribution is 2.48. The Labute approximate surface area is 85.3 Å². The first-order valence-electron chi connectivity index (χ1n) is 4.49. The van der Waals surface area contributed by atoms with Gasteiger partial charge in [-0.3, -0.25) is 0 Å². The normalized spacial score (nSPS) is 21.8. The summed E-state index contributed by atoms with van der Waals surface area (Å²) in [7, 11) is 0. The largest absolute Gasteiger partial charge is 0.476 e. The van der Waals surface area contributed by atoms with Crippen molar-refractivity contribution in [1.82, 2.24) is 4.98 Å². The summed E-state index contributed by atoms with van der Waals surface area (Å²) in [5, 5.41) is 8.68. The molecule has 0 aromatic carbocycles. The summed E-state index contributed by atoms with van der Waals surface area (Å²) in [5.74, 6) is -3.20. The fourth-order valence-electron chi connectivity index (χ4n) is 1.22. The van der Waals surface area contributed by atoms with E-state index in [1.807, 2.05) is 6.07 Å². The van der Waals surface area contributed by atoms with E-state index >= 15 is 0 Å². The van der Waals surface area contributed by atoms with Crippen LogP contribution in [0.4, 0.5) is 8.78 Å². The highest BCUT2D eigenvalue weighted by atomic mass is 19.3. The van der Waals surface area contributed by atoms with Crippen LogP contribution in [0.2, 0.25) is 0 Å². The van der Waals surface area contributed by atoms with Crippen LogP contribution in [0.25, 0.3) is 0 Å². The Morgan fingerprint density at radius 2 is 2.40 bits per heavy atom. The maximum absolute atomic E-state index is 12.5. The van der Waals surface area contributed by atoms with Gasteiger partial charge in [0.2, 0.25) is 5.88 Å². The first-order valence-corrected chi connectivity index (χ1v) is 4.49. The van der Waals surface area contributed by atoms with Crippen molar-refractivity contribution in [2.24, 2.45) is 5.92 Å². The molecule has 0 spiro atoms. The Bertz CT molecular complexity index is 414. The average Bonchev–Trinajstić information content (AvgIpc) is 2.84. The zero-order chi connectivity index (χ0) is 10.9. The molecule has 0 aliphatic heterocycles. The monoisotopic (exact) mass is 210 g/mol. The predicted molar refractivity (Wildman–Crippen MR) is 47.5 cm³/mol. The first-order chi connectivity index (χ1) is 7.13. The fourth-order valence-corrected chi connectivity index (χ4v) is 1.22. The maximum atomic E-state index is 12.5. The van der Waals surface area contributed by atoms with E-state index in [0.29, 0.717) is 0 Å². The third-order valence-corrected chi connectivity index (χ3v) is 2.27. The topological polar surface area (TPSA) is 45.9 Å². The molecule has 0 saturated heterocycles. The Balaban J connectivity index is 1.97. The number of alkyl halides is 2. The second kappa shape index (κ2) is 3.46. The van der Waals surface area contributed by atoms with Crippen LogP contribution in [0.3, 0.4) is 0 Å². The fraction of sp³-hybridized carbons (Fsp3) is 0.400. The van der Waals surface area contributed by atoms with Crippen LogP contribution in [0, 0.1) is 17.2 Å². The van der Waals surface area contributed by atoms with Crippen LogP contribution in [-0.4, -0.2) is 17.5 Å². The van der Waals surface area contributed by atoms with Crippen molar-refractivity contribution in [2.75, 3.05) is 6.61 Å². The molecule has 5 heteroatoms. The van der Waals surface area contributed by atoms with Crippen molar-refractivity contribution >= 4 is 0 Å². The minimum Gasteiger partial charge on any atom is -0.476 e. The number of halogens is 2. The molecule has 1 unspecified atom stereocenters. The molecule has 78 valence electrons. The Kier molecular flexibility index (Phi) is 2.27. The number of nitriles is 1. The number of pyridine rings is 1. The van der Waals surface area contributed by atoms with E-state index in [1.165, 1.54) is 12.3 Å². The van der Waals surface area contributed by atoms with Gasteiger partial charge in [0.25, 0.3) is 5.92 Å². The van der Waals surface area contributed by atoms with Gasteiger partial charge in [0.1, 0.15) is 11.6 Å². The molecule has 1 atom stereocenters. The van der Waals surface area contributed by atoms with Crippen LogP contribution >= 0.6 is 0 Å². The van der Waals surface area contributed by atoms with Crippen molar-refractivity contribution in [3.05, 3.63) is 23.9 Å². The zero-order valence-corrected chi connectivity index (χ0v) is 7.78. The zero-order valence-electron chi connectivity index (χ0n) is 7.78. The molecule has 1 heterocycles. The molecule has 1 saturated carbocycles. The van der Waals surface area contributed by atoms with Gasteiger partial charge in [0, 0.05) is 12.6 Å². The lowest BCUT2D eigenvalue weighted by molar-refractivity contribution is 0.0849. The van der Waals surface area contributed by atoms with Crippen molar-refractivity contribution in [2.45, 2.75) is 12.3 Å². The van der Waals surface area contributed by atoms with Crippen molar-refractivity contribution in [3.63, 3.8) is 0 Å². The lowest BCUT2D eigenvalue weighted by Gasteiger charge is -2.04. The molecule has 0 amide bonds. The molecule has 2 rings (SSSR count). The minimum atomic E-state index is -2.60. The Morgan fingerprint density at radius 3 is 3.00 bits per heavy atom. The van der Waals surface area contributed by atoms with Crippen LogP contribution in [-0.2, 0) is 0 Å². The van der Waals surface area contributed by atoms with Gasteiger partial charge < -0.3 is 4.74 Å². The SMILES string of the molecule is N#Cc1cccnc1OCC1CC1(F)F.